The number of hydrogen-bond donors (Lipinski definition) is 0. The van der Waals surface area contributed by atoms with E-state index in [9.17, 15) is 14.0 Å². The number of imidazole rings is 1. The number of aryl methyl sites for hydroxylation is 1. The second-order valence-corrected chi connectivity index (χ2v) is 6.65. The summed E-state index contributed by atoms with van der Waals surface area (Å²) in [5.41, 5.74) is 2.67. The Bertz CT molecular complexity index is 1020. The summed E-state index contributed by atoms with van der Waals surface area (Å²) in [6, 6.07) is 11.2. The van der Waals surface area contributed by atoms with Gasteiger partial charge in [-0.3, -0.25) is 9.59 Å². The Morgan fingerprint density at radius 3 is 2.19 bits per heavy atom. The molecule has 27 heavy (non-hydrogen) atoms. The van der Waals surface area contributed by atoms with Crippen molar-refractivity contribution in [2.45, 2.75) is 0 Å². The van der Waals surface area contributed by atoms with Crippen LogP contribution >= 0.6 is 0 Å². The predicted octanol–water partition coefficient (Wildman–Crippen LogP) is 2.31. The largest absolute Gasteiger partial charge is 0.335 e. The first-order chi connectivity index (χ1) is 13.0. The van der Waals surface area contributed by atoms with Crippen molar-refractivity contribution >= 4 is 22.8 Å². The Kier molecular flexibility index (Phi) is 4.35. The number of carbonyl (C=O) groups is 2. The molecule has 0 bridgehead atoms. The lowest BCUT2D eigenvalue weighted by molar-refractivity contribution is 0.0535. The van der Waals surface area contributed by atoms with Crippen molar-refractivity contribution in [1.82, 2.24) is 19.4 Å². The highest BCUT2D eigenvalue weighted by molar-refractivity contribution is 5.98. The van der Waals surface area contributed by atoms with Gasteiger partial charge in [-0.25, -0.2) is 9.37 Å². The molecule has 6 nitrogen and oxygen atoms in total. The van der Waals surface area contributed by atoms with Gasteiger partial charge in [0.25, 0.3) is 11.8 Å². The molecule has 1 fully saturated rings. The fraction of sp³-hybridized carbons (Fsp3) is 0.250. The van der Waals surface area contributed by atoms with Gasteiger partial charge in [-0.1, -0.05) is 6.07 Å². The number of aromatic nitrogens is 2. The van der Waals surface area contributed by atoms with Crippen LogP contribution < -0.4 is 0 Å². The molecule has 2 amide bonds. The van der Waals surface area contributed by atoms with Crippen LogP contribution in [0.2, 0.25) is 0 Å². The first-order valence-electron chi connectivity index (χ1n) is 8.78. The molecular weight excluding hydrogens is 347 g/mol. The Balaban J connectivity index is 1.43. The number of amides is 2. The van der Waals surface area contributed by atoms with Gasteiger partial charge in [-0.15, -0.1) is 0 Å². The van der Waals surface area contributed by atoms with Crippen LogP contribution in [-0.4, -0.2) is 57.3 Å². The molecule has 1 aliphatic heterocycles. The van der Waals surface area contributed by atoms with E-state index in [1.807, 2.05) is 17.7 Å². The minimum Gasteiger partial charge on any atom is -0.335 e. The SMILES string of the molecule is Cn1cnc2cc(C(=O)N3CCN(C(=O)c4cccc(F)c4)CC3)ccc21. The zero-order chi connectivity index (χ0) is 19.0. The molecule has 1 saturated heterocycles. The second-order valence-electron chi connectivity index (χ2n) is 6.65. The quantitative estimate of drug-likeness (QED) is 0.699. The first kappa shape index (κ1) is 17.2. The third kappa shape index (κ3) is 3.28. The van der Waals surface area contributed by atoms with Crippen LogP contribution in [0.25, 0.3) is 11.0 Å². The Labute approximate surface area is 155 Å². The highest BCUT2D eigenvalue weighted by atomic mass is 19.1. The molecule has 0 atom stereocenters. The number of nitrogens with zero attached hydrogens (tertiary/aromatic N) is 4. The molecule has 0 N–H and O–H groups in total. The minimum absolute atomic E-state index is 0.0691. The number of hydrogen-bond acceptors (Lipinski definition) is 3. The topological polar surface area (TPSA) is 58.4 Å². The van der Waals surface area contributed by atoms with Crippen molar-refractivity contribution in [3.05, 3.63) is 65.7 Å². The van der Waals surface area contributed by atoms with Gasteiger partial charge < -0.3 is 14.4 Å². The molecule has 2 heterocycles. The smallest absolute Gasteiger partial charge is 0.254 e. The number of fused-ring (bicyclic) bond motifs is 1. The van der Waals surface area contributed by atoms with Gasteiger partial charge >= 0.3 is 0 Å². The van der Waals surface area contributed by atoms with Gasteiger partial charge in [0.15, 0.2) is 0 Å². The maximum absolute atomic E-state index is 13.3. The van der Waals surface area contributed by atoms with Gasteiger partial charge in [-0.05, 0) is 36.4 Å². The zero-order valence-corrected chi connectivity index (χ0v) is 14.9. The van der Waals surface area contributed by atoms with Crippen LogP contribution in [0.3, 0.4) is 0 Å². The maximum Gasteiger partial charge on any atom is 0.254 e. The van der Waals surface area contributed by atoms with Gasteiger partial charge in [0, 0.05) is 44.4 Å². The maximum atomic E-state index is 13.3. The molecule has 0 spiro atoms. The van der Waals surface area contributed by atoms with Crippen molar-refractivity contribution in [2.24, 2.45) is 7.05 Å². The van der Waals surface area contributed by atoms with Crippen LogP contribution in [-0.2, 0) is 7.05 Å². The summed E-state index contributed by atoms with van der Waals surface area (Å²) in [4.78, 5) is 33.0. The van der Waals surface area contributed by atoms with E-state index in [2.05, 4.69) is 4.98 Å². The van der Waals surface area contributed by atoms with E-state index < -0.39 is 5.82 Å². The minimum atomic E-state index is -0.431. The normalized spacial score (nSPS) is 14.6. The van der Waals surface area contributed by atoms with Gasteiger partial charge in [0.05, 0.1) is 17.4 Å². The van der Waals surface area contributed by atoms with E-state index in [1.54, 1.807) is 34.3 Å². The van der Waals surface area contributed by atoms with Crippen molar-refractivity contribution in [3.63, 3.8) is 0 Å². The molecule has 138 valence electrons. The van der Waals surface area contributed by atoms with Gasteiger partial charge in [0.2, 0.25) is 0 Å². The van der Waals surface area contributed by atoms with E-state index in [0.717, 1.165) is 11.0 Å². The zero-order valence-electron chi connectivity index (χ0n) is 14.9. The number of halogens is 1. The summed E-state index contributed by atoms with van der Waals surface area (Å²) in [5.74, 6) is -0.712. The van der Waals surface area contributed by atoms with Crippen LogP contribution in [0.4, 0.5) is 4.39 Å². The third-order valence-corrected chi connectivity index (χ3v) is 4.90. The van der Waals surface area contributed by atoms with E-state index >= 15 is 0 Å². The predicted molar refractivity (Wildman–Crippen MR) is 98.9 cm³/mol. The highest BCUT2D eigenvalue weighted by Gasteiger charge is 2.26. The Morgan fingerprint density at radius 2 is 1.56 bits per heavy atom. The standard InChI is InChI=1S/C20H19FN4O2/c1-23-13-22-17-12-15(5-6-18(17)23)20(27)25-9-7-24(8-10-25)19(26)14-3-2-4-16(21)11-14/h2-6,11-13H,7-10H2,1H3. The van der Waals surface area contributed by atoms with Crippen LogP contribution in [0.15, 0.2) is 48.8 Å². The number of piperazine rings is 1. The molecule has 7 heteroatoms. The van der Waals surface area contributed by atoms with E-state index in [1.165, 1.54) is 18.2 Å². The van der Waals surface area contributed by atoms with E-state index in [0.29, 0.717) is 37.3 Å². The van der Waals surface area contributed by atoms with Crippen LogP contribution in [0.5, 0.6) is 0 Å². The van der Waals surface area contributed by atoms with Crippen molar-refractivity contribution in [1.29, 1.82) is 0 Å². The third-order valence-electron chi connectivity index (χ3n) is 4.90. The van der Waals surface area contributed by atoms with Gasteiger partial charge in [-0.2, -0.15) is 0 Å². The number of rotatable bonds is 2. The average molecular weight is 366 g/mol. The lowest BCUT2D eigenvalue weighted by Crippen LogP contribution is -2.50. The molecular formula is C20H19FN4O2. The van der Waals surface area contributed by atoms with Crippen LogP contribution in [0, 0.1) is 5.82 Å². The second kappa shape index (κ2) is 6.83. The van der Waals surface area contributed by atoms with Crippen molar-refractivity contribution in [2.75, 3.05) is 26.2 Å². The molecule has 0 radical (unpaired) electrons. The fourth-order valence-electron chi connectivity index (χ4n) is 3.37. The Morgan fingerprint density at radius 1 is 0.926 bits per heavy atom. The van der Waals surface area contributed by atoms with E-state index in [-0.39, 0.29) is 11.8 Å². The summed E-state index contributed by atoms with van der Waals surface area (Å²) in [6.07, 6.45) is 1.72. The lowest BCUT2D eigenvalue weighted by Gasteiger charge is -2.34. The molecule has 1 aromatic heterocycles. The molecule has 0 saturated carbocycles. The lowest BCUT2D eigenvalue weighted by atomic mass is 10.1. The van der Waals surface area contributed by atoms with E-state index in [4.69, 9.17) is 0 Å². The first-order valence-corrected chi connectivity index (χ1v) is 8.78. The summed E-state index contributed by atoms with van der Waals surface area (Å²) in [7, 11) is 1.91. The summed E-state index contributed by atoms with van der Waals surface area (Å²) < 4.78 is 15.2. The van der Waals surface area contributed by atoms with Crippen LogP contribution in [0.1, 0.15) is 20.7 Å². The Hall–Kier alpha value is -3.22. The molecule has 4 rings (SSSR count). The van der Waals surface area contributed by atoms with Gasteiger partial charge in [0.1, 0.15) is 5.82 Å². The monoisotopic (exact) mass is 366 g/mol. The summed E-state index contributed by atoms with van der Waals surface area (Å²) in [5, 5.41) is 0. The molecule has 0 unspecified atom stereocenters. The van der Waals surface area contributed by atoms with Crippen molar-refractivity contribution in [3.8, 4) is 0 Å². The number of carbonyl (C=O) groups excluding carboxylic acids is 2. The highest BCUT2D eigenvalue weighted by Crippen LogP contribution is 2.17. The molecule has 2 aromatic carbocycles. The molecule has 3 aromatic rings. The average Bonchev–Trinajstić information content (AvgIpc) is 3.07. The molecule has 1 aliphatic rings. The fourth-order valence-corrected chi connectivity index (χ4v) is 3.37. The molecule has 0 aliphatic carbocycles. The van der Waals surface area contributed by atoms with Crippen molar-refractivity contribution < 1.29 is 14.0 Å². The summed E-state index contributed by atoms with van der Waals surface area (Å²) in [6.45, 7) is 1.74. The summed E-state index contributed by atoms with van der Waals surface area (Å²) >= 11 is 0. The number of benzene rings is 2.